The van der Waals surface area contributed by atoms with Crippen LogP contribution in [0.25, 0.3) is 0 Å². The van der Waals surface area contributed by atoms with Crippen molar-refractivity contribution in [3.63, 3.8) is 0 Å². The minimum atomic E-state index is -0.0884. The highest BCUT2D eigenvalue weighted by Gasteiger charge is 2.24. The predicted octanol–water partition coefficient (Wildman–Crippen LogP) is 3.17. The first-order valence-corrected chi connectivity index (χ1v) is 10.2. The lowest BCUT2D eigenvalue weighted by Crippen LogP contribution is -2.53. The third kappa shape index (κ3) is 6.20. The van der Waals surface area contributed by atoms with Crippen LogP contribution in [-0.2, 0) is 5.41 Å². The number of nitrogens with one attached hydrogen (secondary N) is 1. The molecule has 2 aromatic rings. The SMILES string of the molecule is CCNC(=NCC(C)(C)c1cccc(OC)c1)N1CCN(c2ncccn2)CC1.I. The van der Waals surface area contributed by atoms with Crippen LogP contribution in [0.4, 0.5) is 5.95 Å². The van der Waals surface area contributed by atoms with Crippen LogP contribution in [0.5, 0.6) is 5.75 Å². The van der Waals surface area contributed by atoms with Gasteiger partial charge in [0.15, 0.2) is 5.96 Å². The van der Waals surface area contributed by atoms with Gasteiger partial charge < -0.3 is 19.9 Å². The van der Waals surface area contributed by atoms with Crippen LogP contribution in [0, 0.1) is 0 Å². The van der Waals surface area contributed by atoms with Gasteiger partial charge in [-0.2, -0.15) is 0 Å². The number of aliphatic imine (C=N–C) groups is 1. The topological polar surface area (TPSA) is 65.9 Å². The highest BCUT2D eigenvalue weighted by molar-refractivity contribution is 14.0. The summed E-state index contributed by atoms with van der Waals surface area (Å²) < 4.78 is 5.38. The molecule has 0 aliphatic carbocycles. The third-order valence-corrected chi connectivity index (χ3v) is 5.22. The van der Waals surface area contributed by atoms with E-state index in [4.69, 9.17) is 9.73 Å². The van der Waals surface area contributed by atoms with Crippen molar-refractivity contribution in [1.29, 1.82) is 0 Å². The van der Waals surface area contributed by atoms with Crippen LogP contribution >= 0.6 is 24.0 Å². The average Bonchev–Trinajstić information content (AvgIpc) is 2.77. The van der Waals surface area contributed by atoms with E-state index >= 15 is 0 Å². The molecule has 1 aliphatic rings. The fraction of sp³-hybridized carbons (Fsp3) is 0.500. The zero-order chi connectivity index (χ0) is 20.7. The molecule has 2 heterocycles. The first-order valence-electron chi connectivity index (χ1n) is 10.2. The minimum Gasteiger partial charge on any atom is -0.497 e. The molecule has 8 heteroatoms. The van der Waals surface area contributed by atoms with E-state index in [-0.39, 0.29) is 29.4 Å². The monoisotopic (exact) mass is 524 g/mol. The van der Waals surface area contributed by atoms with Crippen molar-refractivity contribution in [2.75, 3.05) is 51.3 Å². The molecule has 164 valence electrons. The van der Waals surface area contributed by atoms with E-state index in [0.29, 0.717) is 6.54 Å². The number of anilines is 1. The second kappa shape index (κ2) is 11.3. The maximum atomic E-state index is 5.38. The summed E-state index contributed by atoms with van der Waals surface area (Å²) in [5, 5.41) is 3.45. The van der Waals surface area contributed by atoms with Crippen LogP contribution in [0.3, 0.4) is 0 Å². The molecular weight excluding hydrogens is 491 g/mol. The standard InChI is InChI=1S/C22H32N6O.HI/c1-5-23-20(26-17-22(2,3)18-8-6-9-19(16-18)29-4)27-12-14-28(15-13-27)21-24-10-7-11-25-21;/h6-11,16H,5,12-15,17H2,1-4H3,(H,23,26);1H. The molecule has 1 aromatic carbocycles. The zero-order valence-corrected chi connectivity index (χ0v) is 20.7. The van der Waals surface area contributed by atoms with E-state index in [1.54, 1.807) is 19.5 Å². The van der Waals surface area contributed by atoms with Gasteiger partial charge in [-0.3, -0.25) is 4.99 Å². The summed E-state index contributed by atoms with van der Waals surface area (Å²) in [4.78, 5) is 18.3. The van der Waals surface area contributed by atoms with Crippen molar-refractivity contribution in [2.24, 2.45) is 4.99 Å². The van der Waals surface area contributed by atoms with Gasteiger partial charge in [0.1, 0.15) is 5.75 Å². The number of ether oxygens (including phenoxy) is 1. The Bertz CT molecular complexity index is 806. The van der Waals surface area contributed by atoms with Gasteiger partial charge in [-0.15, -0.1) is 24.0 Å². The van der Waals surface area contributed by atoms with Crippen LogP contribution in [0.15, 0.2) is 47.7 Å². The van der Waals surface area contributed by atoms with E-state index in [1.807, 2.05) is 18.2 Å². The van der Waals surface area contributed by atoms with E-state index in [0.717, 1.165) is 50.4 Å². The number of methoxy groups -OCH3 is 1. The van der Waals surface area contributed by atoms with Gasteiger partial charge in [-0.05, 0) is 30.7 Å². The normalized spacial score (nSPS) is 14.9. The molecule has 1 aromatic heterocycles. The van der Waals surface area contributed by atoms with Crippen LogP contribution < -0.4 is 15.0 Å². The first-order chi connectivity index (χ1) is 14.0. The minimum absolute atomic E-state index is 0. The lowest BCUT2D eigenvalue weighted by atomic mass is 9.84. The summed E-state index contributed by atoms with van der Waals surface area (Å²) in [5.74, 6) is 2.65. The molecule has 1 saturated heterocycles. The Hall–Kier alpha value is -2.10. The molecular formula is C22H33IN6O. The van der Waals surface area contributed by atoms with Gasteiger partial charge in [-0.25, -0.2) is 9.97 Å². The largest absolute Gasteiger partial charge is 0.497 e. The lowest BCUT2D eigenvalue weighted by Gasteiger charge is -2.37. The second-order valence-electron chi connectivity index (χ2n) is 7.81. The van der Waals surface area contributed by atoms with Gasteiger partial charge in [0.25, 0.3) is 0 Å². The quantitative estimate of drug-likeness (QED) is 0.356. The molecule has 1 aliphatic heterocycles. The van der Waals surface area contributed by atoms with Gasteiger partial charge in [0, 0.05) is 50.5 Å². The fourth-order valence-corrected chi connectivity index (χ4v) is 3.41. The molecule has 7 nitrogen and oxygen atoms in total. The number of hydrogen-bond acceptors (Lipinski definition) is 5. The Labute approximate surface area is 197 Å². The highest BCUT2D eigenvalue weighted by Crippen LogP contribution is 2.27. The molecule has 30 heavy (non-hydrogen) atoms. The Morgan fingerprint density at radius 2 is 1.83 bits per heavy atom. The number of nitrogens with zero attached hydrogens (tertiary/aromatic N) is 5. The number of rotatable bonds is 6. The summed E-state index contributed by atoms with van der Waals surface area (Å²) in [6.45, 7) is 11.6. The van der Waals surface area contributed by atoms with Crippen LogP contribution in [0.1, 0.15) is 26.3 Å². The second-order valence-corrected chi connectivity index (χ2v) is 7.81. The smallest absolute Gasteiger partial charge is 0.225 e. The third-order valence-electron chi connectivity index (χ3n) is 5.22. The first kappa shape index (κ1) is 24.2. The van der Waals surface area contributed by atoms with Crippen molar-refractivity contribution in [3.05, 3.63) is 48.3 Å². The highest BCUT2D eigenvalue weighted by atomic mass is 127. The number of piperazine rings is 1. The molecule has 0 unspecified atom stereocenters. The Morgan fingerprint density at radius 1 is 1.13 bits per heavy atom. The zero-order valence-electron chi connectivity index (χ0n) is 18.3. The number of halogens is 1. The fourth-order valence-electron chi connectivity index (χ4n) is 3.41. The maximum absolute atomic E-state index is 5.38. The van der Waals surface area contributed by atoms with Crippen LogP contribution in [0.2, 0.25) is 0 Å². The molecule has 0 amide bonds. The molecule has 0 saturated carbocycles. The van der Waals surface area contributed by atoms with Crippen molar-refractivity contribution in [2.45, 2.75) is 26.2 Å². The summed E-state index contributed by atoms with van der Waals surface area (Å²) >= 11 is 0. The molecule has 1 N–H and O–H groups in total. The Morgan fingerprint density at radius 3 is 2.47 bits per heavy atom. The molecule has 0 atom stereocenters. The summed E-state index contributed by atoms with van der Waals surface area (Å²) in [6, 6.07) is 10.1. The molecule has 0 radical (unpaired) electrons. The van der Waals surface area contributed by atoms with Crippen molar-refractivity contribution < 1.29 is 4.74 Å². The summed E-state index contributed by atoms with van der Waals surface area (Å²) in [5.41, 5.74) is 1.14. The number of benzene rings is 1. The molecule has 0 spiro atoms. The number of hydrogen-bond donors (Lipinski definition) is 1. The molecule has 1 fully saturated rings. The predicted molar refractivity (Wildman–Crippen MR) is 133 cm³/mol. The van der Waals surface area contributed by atoms with Crippen molar-refractivity contribution >= 4 is 35.9 Å². The average molecular weight is 524 g/mol. The van der Waals surface area contributed by atoms with E-state index in [9.17, 15) is 0 Å². The molecule has 3 rings (SSSR count). The van der Waals surface area contributed by atoms with Gasteiger partial charge in [0.2, 0.25) is 5.95 Å². The van der Waals surface area contributed by atoms with E-state index in [1.165, 1.54) is 5.56 Å². The Balaban J connectivity index is 0.00000320. The lowest BCUT2D eigenvalue weighted by molar-refractivity contribution is 0.368. The van der Waals surface area contributed by atoms with E-state index in [2.05, 4.69) is 58.0 Å². The van der Waals surface area contributed by atoms with Crippen molar-refractivity contribution in [1.82, 2.24) is 20.2 Å². The number of aromatic nitrogens is 2. The maximum Gasteiger partial charge on any atom is 0.225 e. The van der Waals surface area contributed by atoms with Gasteiger partial charge >= 0.3 is 0 Å². The van der Waals surface area contributed by atoms with Crippen LogP contribution in [-0.4, -0.2) is 67.2 Å². The van der Waals surface area contributed by atoms with Gasteiger partial charge in [0.05, 0.1) is 13.7 Å². The summed E-state index contributed by atoms with van der Waals surface area (Å²) in [6.07, 6.45) is 3.59. The summed E-state index contributed by atoms with van der Waals surface area (Å²) in [7, 11) is 1.70. The van der Waals surface area contributed by atoms with Crippen molar-refractivity contribution in [3.8, 4) is 5.75 Å². The Kier molecular flexibility index (Phi) is 9.13. The van der Waals surface area contributed by atoms with E-state index < -0.39 is 0 Å². The molecule has 0 bridgehead atoms. The number of guanidine groups is 1. The van der Waals surface area contributed by atoms with Gasteiger partial charge in [-0.1, -0.05) is 26.0 Å².